The first kappa shape index (κ1) is 15.5. The lowest BCUT2D eigenvalue weighted by Gasteiger charge is -2.25. The van der Waals surface area contributed by atoms with Gasteiger partial charge in [-0.1, -0.05) is 30.3 Å². The molecule has 1 heterocycles. The van der Waals surface area contributed by atoms with Gasteiger partial charge in [0, 0.05) is 13.6 Å². The van der Waals surface area contributed by atoms with E-state index in [9.17, 15) is 9.59 Å². The Morgan fingerprint density at radius 2 is 2.05 bits per heavy atom. The lowest BCUT2D eigenvalue weighted by atomic mass is 10.2. The van der Waals surface area contributed by atoms with Crippen molar-refractivity contribution in [2.75, 3.05) is 27.2 Å². The highest BCUT2D eigenvalue weighted by molar-refractivity contribution is 5.80. The van der Waals surface area contributed by atoms with Gasteiger partial charge in [0.1, 0.15) is 6.04 Å². The maximum atomic E-state index is 12.3. The zero-order chi connectivity index (χ0) is 15.2. The van der Waals surface area contributed by atoms with E-state index in [0.717, 1.165) is 24.9 Å². The molecule has 1 aromatic carbocycles. The molecule has 5 heteroatoms. The summed E-state index contributed by atoms with van der Waals surface area (Å²) in [7, 11) is 3.18. The largest absolute Gasteiger partial charge is 0.468 e. The van der Waals surface area contributed by atoms with Gasteiger partial charge < -0.3 is 9.64 Å². The molecule has 0 saturated carbocycles. The van der Waals surface area contributed by atoms with Crippen LogP contribution in [-0.2, 0) is 20.9 Å². The SMILES string of the molecule is COC(=O)C1CCCN1CC(=O)N(C)Cc1ccccc1. The van der Waals surface area contributed by atoms with Crippen molar-refractivity contribution in [2.45, 2.75) is 25.4 Å². The van der Waals surface area contributed by atoms with Crippen molar-refractivity contribution in [2.24, 2.45) is 0 Å². The van der Waals surface area contributed by atoms with Crippen LogP contribution in [0.15, 0.2) is 30.3 Å². The Hall–Kier alpha value is -1.88. The molecule has 0 radical (unpaired) electrons. The molecule has 0 aliphatic carbocycles. The summed E-state index contributed by atoms with van der Waals surface area (Å²) in [4.78, 5) is 27.6. The van der Waals surface area contributed by atoms with E-state index in [4.69, 9.17) is 4.74 Å². The fraction of sp³-hybridized carbons (Fsp3) is 0.500. The topological polar surface area (TPSA) is 49.9 Å². The summed E-state index contributed by atoms with van der Waals surface area (Å²) in [6, 6.07) is 9.59. The first-order chi connectivity index (χ1) is 10.1. The summed E-state index contributed by atoms with van der Waals surface area (Å²) < 4.78 is 4.80. The molecule has 1 aromatic rings. The van der Waals surface area contributed by atoms with Gasteiger partial charge in [0.25, 0.3) is 0 Å². The molecule has 21 heavy (non-hydrogen) atoms. The number of hydrogen-bond donors (Lipinski definition) is 0. The minimum Gasteiger partial charge on any atom is -0.468 e. The van der Waals surface area contributed by atoms with Crippen molar-refractivity contribution in [1.82, 2.24) is 9.80 Å². The Labute approximate surface area is 125 Å². The van der Waals surface area contributed by atoms with E-state index >= 15 is 0 Å². The number of nitrogens with zero attached hydrogens (tertiary/aromatic N) is 2. The van der Waals surface area contributed by atoms with Crippen LogP contribution in [-0.4, -0.2) is 55.0 Å². The molecule has 1 aliphatic heterocycles. The Bertz CT molecular complexity index is 490. The Balaban J connectivity index is 1.90. The molecule has 1 fully saturated rings. The normalized spacial score (nSPS) is 18.5. The van der Waals surface area contributed by atoms with Gasteiger partial charge in [-0.25, -0.2) is 0 Å². The molecule has 0 bridgehead atoms. The second-order valence-electron chi connectivity index (χ2n) is 5.39. The minimum absolute atomic E-state index is 0.0228. The molecule has 1 aliphatic rings. The van der Waals surface area contributed by atoms with Crippen LogP contribution >= 0.6 is 0 Å². The van der Waals surface area contributed by atoms with E-state index in [1.165, 1.54) is 7.11 Å². The Morgan fingerprint density at radius 1 is 1.33 bits per heavy atom. The lowest BCUT2D eigenvalue weighted by Crippen LogP contribution is -2.43. The second kappa shape index (κ2) is 7.22. The van der Waals surface area contributed by atoms with Crippen molar-refractivity contribution in [3.05, 3.63) is 35.9 Å². The predicted molar refractivity (Wildman–Crippen MR) is 79.5 cm³/mol. The lowest BCUT2D eigenvalue weighted by molar-refractivity contribution is -0.146. The summed E-state index contributed by atoms with van der Waals surface area (Å²) in [6.45, 7) is 1.62. The molecular weight excluding hydrogens is 268 g/mol. The third-order valence-electron chi connectivity index (χ3n) is 3.86. The van der Waals surface area contributed by atoms with Crippen molar-refractivity contribution in [3.8, 4) is 0 Å². The molecule has 0 aromatic heterocycles. The van der Waals surface area contributed by atoms with Crippen LogP contribution in [0.3, 0.4) is 0 Å². The van der Waals surface area contributed by atoms with Gasteiger partial charge >= 0.3 is 5.97 Å². The molecule has 114 valence electrons. The van der Waals surface area contributed by atoms with E-state index in [1.807, 2.05) is 35.2 Å². The van der Waals surface area contributed by atoms with Gasteiger partial charge in [-0.15, -0.1) is 0 Å². The standard InChI is InChI=1S/C16H22N2O3/c1-17(11-13-7-4-3-5-8-13)15(19)12-18-10-6-9-14(18)16(20)21-2/h3-5,7-8,14H,6,9-12H2,1-2H3. The van der Waals surface area contributed by atoms with Crippen molar-refractivity contribution in [3.63, 3.8) is 0 Å². The number of benzene rings is 1. The van der Waals surface area contributed by atoms with Gasteiger partial charge in [0.2, 0.25) is 5.91 Å². The number of rotatable bonds is 5. The number of ether oxygens (including phenoxy) is 1. The zero-order valence-corrected chi connectivity index (χ0v) is 12.6. The highest BCUT2D eigenvalue weighted by Crippen LogP contribution is 2.18. The highest BCUT2D eigenvalue weighted by Gasteiger charge is 2.33. The quantitative estimate of drug-likeness (QED) is 0.767. The fourth-order valence-electron chi connectivity index (χ4n) is 2.66. The number of carbonyl (C=O) groups excluding carboxylic acids is 2. The van der Waals surface area contributed by atoms with Crippen LogP contribution in [0.1, 0.15) is 18.4 Å². The molecule has 2 rings (SSSR count). The fourth-order valence-corrected chi connectivity index (χ4v) is 2.66. The van der Waals surface area contributed by atoms with Gasteiger partial charge in [-0.2, -0.15) is 0 Å². The van der Waals surface area contributed by atoms with Crippen LogP contribution in [0, 0.1) is 0 Å². The van der Waals surface area contributed by atoms with Gasteiger partial charge in [0.05, 0.1) is 13.7 Å². The van der Waals surface area contributed by atoms with E-state index in [-0.39, 0.29) is 24.5 Å². The summed E-state index contributed by atoms with van der Waals surface area (Å²) in [6.07, 6.45) is 1.69. The summed E-state index contributed by atoms with van der Waals surface area (Å²) in [5.74, 6) is -0.222. The highest BCUT2D eigenvalue weighted by atomic mass is 16.5. The van der Waals surface area contributed by atoms with Crippen LogP contribution in [0.25, 0.3) is 0 Å². The van der Waals surface area contributed by atoms with Gasteiger partial charge in [-0.3, -0.25) is 14.5 Å². The predicted octanol–water partition coefficient (Wildman–Crippen LogP) is 1.28. The van der Waals surface area contributed by atoms with E-state index in [1.54, 1.807) is 11.9 Å². The number of likely N-dealkylation sites (N-methyl/N-ethyl adjacent to an activating group) is 1. The monoisotopic (exact) mass is 290 g/mol. The van der Waals surface area contributed by atoms with E-state index in [0.29, 0.717) is 6.54 Å². The number of hydrogen-bond acceptors (Lipinski definition) is 4. The average Bonchev–Trinajstić information content (AvgIpc) is 2.95. The molecule has 1 amide bonds. The van der Waals surface area contributed by atoms with E-state index in [2.05, 4.69) is 0 Å². The molecule has 0 N–H and O–H groups in total. The first-order valence-corrected chi connectivity index (χ1v) is 7.21. The number of carbonyl (C=O) groups is 2. The number of methoxy groups -OCH3 is 1. The van der Waals surface area contributed by atoms with Crippen molar-refractivity contribution in [1.29, 1.82) is 0 Å². The van der Waals surface area contributed by atoms with Crippen LogP contribution < -0.4 is 0 Å². The van der Waals surface area contributed by atoms with Crippen molar-refractivity contribution < 1.29 is 14.3 Å². The second-order valence-corrected chi connectivity index (χ2v) is 5.39. The third kappa shape index (κ3) is 4.04. The molecule has 5 nitrogen and oxygen atoms in total. The number of amides is 1. The average molecular weight is 290 g/mol. The molecule has 1 saturated heterocycles. The molecule has 1 unspecified atom stereocenters. The van der Waals surface area contributed by atoms with Gasteiger partial charge in [0.15, 0.2) is 0 Å². The Morgan fingerprint density at radius 3 is 2.71 bits per heavy atom. The smallest absolute Gasteiger partial charge is 0.323 e. The first-order valence-electron chi connectivity index (χ1n) is 7.21. The van der Waals surface area contributed by atoms with Crippen LogP contribution in [0.5, 0.6) is 0 Å². The maximum absolute atomic E-state index is 12.3. The minimum atomic E-state index is -0.274. The third-order valence-corrected chi connectivity index (χ3v) is 3.86. The van der Waals surface area contributed by atoms with E-state index < -0.39 is 0 Å². The molecular formula is C16H22N2O3. The van der Waals surface area contributed by atoms with Crippen LogP contribution in [0.2, 0.25) is 0 Å². The summed E-state index contributed by atoms with van der Waals surface area (Å²) in [5, 5.41) is 0. The van der Waals surface area contributed by atoms with Crippen molar-refractivity contribution >= 4 is 11.9 Å². The summed E-state index contributed by atoms with van der Waals surface area (Å²) >= 11 is 0. The number of esters is 1. The number of likely N-dealkylation sites (tertiary alicyclic amines) is 1. The molecule has 1 atom stereocenters. The van der Waals surface area contributed by atoms with Gasteiger partial charge in [-0.05, 0) is 24.9 Å². The maximum Gasteiger partial charge on any atom is 0.323 e. The molecule has 0 spiro atoms. The Kier molecular flexibility index (Phi) is 5.33. The zero-order valence-electron chi connectivity index (χ0n) is 12.6. The van der Waals surface area contributed by atoms with Crippen LogP contribution in [0.4, 0.5) is 0 Å². The summed E-state index contributed by atoms with van der Waals surface area (Å²) in [5.41, 5.74) is 1.10.